The smallest absolute Gasteiger partial charge is 0.330 e. The third-order valence-corrected chi connectivity index (χ3v) is 1.77. The van der Waals surface area contributed by atoms with Gasteiger partial charge in [0.1, 0.15) is 0 Å². The van der Waals surface area contributed by atoms with Gasteiger partial charge in [-0.05, 0) is 13.8 Å². The van der Waals surface area contributed by atoms with Crippen LogP contribution < -0.4 is 0 Å². The van der Waals surface area contributed by atoms with Crippen molar-refractivity contribution in [3.05, 3.63) is 5.53 Å². The Balaban J connectivity index is 2.92. The first-order valence-electron chi connectivity index (χ1n) is 4.02. The van der Waals surface area contributed by atoms with E-state index in [4.69, 9.17) is 15.0 Å². The molecule has 0 amide bonds. The van der Waals surface area contributed by atoms with E-state index in [0.29, 0.717) is 0 Å². The SMILES string of the molecule is CC1(C)OCC(=[N+]=[N-])C(C(=O)C=O)O1. The Morgan fingerprint density at radius 3 is 2.86 bits per heavy atom. The molecular weight excluding hydrogens is 188 g/mol. The minimum atomic E-state index is -1.14. The maximum absolute atomic E-state index is 11.1. The van der Waals surface area contributed by atoms with Crippen molar-refractivity contribution in [2.75, 3.05) is 6.61 Å². The van der Waals surface area contributed by atoms with Crippen LogP contribution in [0.5, 0.6) is 0 Å². The van der Waals surface area contributed by atoms with Crippen LogP contribution in [0.1, 0.15) is 13.8 Å². The van der Waals surface area contributed by atoms with Crippen molar-refractivity contribution in [3.63, 3.8) is 0 Å². The summed E-state index contributed by atoms with van der Waals surface area (Å²) in [5.74, 6) is -1.74. The molecule has 0 saturated carbocycles. The maximum Gasteiger partial charge on any atom is 0.330 e. The van der Waals surface area contributed by atoms with Gasteiger partial charge in [-0.1, -0.05) is 0 Å². The van der Waals surface area contributed by atoms with E-state index in [1.165, 1.54) is 0 Å². The number of aldehydes is 1. The zero-order chi connectivity index (χ0) is 10.8. The quantitative estimate of drug-likeness (QED) is 0.261. The summed E-state index contributed by atoms with van der Waals surface area (Å²) < 4.78 is 10.2. The molecule has 0 spiro atoms. The van der Waals surface area contributed by atoms with Gasteiger partial charge in [0.05, 0.1) is 0 Å². The third-order valence-electron chi connectivity index (χ3n) is 1.77. The lowest BCUT2D eigenvalue weighted by molar-refractivity contribution is -0.243. The molecule has 1 atom stereocenters. The Hall–Kier alpha value is -1.36. The average Bonchev–Trinajstić information content (AvgIpc) is 2.15. The van der Waals surface area contributed by atoms with Gasteiger partial charge in [-0.2, -0.15) is 4.79 Å². The van der Waals surface area contributed by atoms with Crippen LogP contribution in [0.25, 0.3) is 5.53 Å². The zero-order valence-corrected chi connectivity index (χ0v) is 7.89. The van der Waals surface area contributed by atoms with E-state index in [1.54, 1.807) is 13.8 Å². The number of Topliss-reactive ketones (excluding diaryl/α,β-unsaturated/α-hetero) is 1. The van der Waals surface area contributed by atoms with Gasteiger partial charge in [0.25, 0.3) is 0 Å². The van der Waals surface area contributed by atoms with E-state index in [2.05, 4.69) is 4.79 Å². The van der Waals surface area contributed by atoms with Crippen LogP contribution in [0.3, 0.4) is 0 Å². The summed E-state index contributed by atoms with van der Waals surface area (Å²) in [6.07, 6.45) is -1.00. The highest BCUT2D eigenvalue weighted by molar-refractivity contribution is 6.33. The summed E-state index contributed by atoms with van der Waals surface area (Å²) in [6, 6.07) is 0. The molecule has 1 unspecified atom stereocenters. The second-order valence-corrected chi connectivity index (χ2v) is 3.30. The predicted octanol–water partition coefficient (Wildman–Crippen LogP) is -0.423. The lowest BCUT2D eigenvalue weighted by atomic mass is 10.1. The molecule has 0 bridgehead atoms. The molecule has 1 fully saturated rings. The van der Waals surface area contributed by atoms with Gasteiger partial charge >= 0.3 is 5.71 Å². The molecule has 1 heterocycles. The largest absolute Gasteiger partial charge is 0.361 e. The average molecular weight is 198 g/mol. The fourth-order valence-corrected chi connectivity index (χ4v) is 1.07. The van der Waals surface area contributed by atoms with E-state index in [-0.39, 0.29) is 18.6 Å². The Bertz CT molecular complexity index is 317. The van der Waals surface area contributed by atoms with Crippen molar-refractivity contribution in [1.82, 2.24) is 0 Å². The maximum atomic E-state index is 11.1. The first-order chi connectivity index (χ1) is 6.50. The second-order valence-electron chi connectivity index (χ2n) is 3.30. The summed E-state index contributed by atoms with van der Waals surface area (Å²) in [5.41, 5.74) is 8.54. The van der Waals surface area contributed by atoms with Crippen molar-refractivity contribution >= 4 is 17.8 Å². The minimum Gasteiger partial charge on any atom is -0.361 e. The van der Waals surface area contributed by atoms with E-state index in [0.717, 1.165) is 0 Å². The van der Waals surface area contributed by atoms with Gasteiger partial charge in [0.15, 0.2) is 18.7 Å². The van der Waals surface area contributed by atoms with Gasteiger partial charge in [0, 0.05) is 0 Å². The summed E-state index contributed by atoms with van der Waals surface area (Å²) in [5, 5.41) is 0. The molecule has 6 nitrogen and oxygen atoms in total. The number of ether oxygens (including phenoxy) is 2. The molecule has 0 aromatic heterocycles. The molecule has 0 aromatic rings. The van der Waals surface area contributed by atoms with E-state index >= 15 is 0 Å². The second kappa shape index (κ2) is 3.79. The number of hydrogen-bond donors (Lipinski definition) is 0. The number of hydrogen-bond acceptors (Lipinski definition) is 4. The third kappa shape index (κ3) is 2.11. The fourth-order valence-electron chi connectivity index (χ4n) is 1.07. The van der Waals surface area contributed by atoms with Crippen molar-refractivity contribution in [1.29, 1.82) is 0 Å². The van der Waals surface area contributed by atoms with Gasteiger partial charge in [-0.3, -0.25) is 9.59 Å². The molecule has 14 heavy (non-hydrogen) atoms. The van der Waals surface area contributed by atoms with Crippen molar-refractivity contribution in [3.8, 4) is 0 Å². The van der Waals surface area contributed by atoms with E-state index < -0.39 is 17.7 Å². The molecule has 1 rings (SSSR count). The van der Waals surface area contributed by atoms with Crippen LogP contribution in [0, 0.1) is 0 Å². The standard InChI is InChI=1S/C8H10N2O4/c1-8(2)13-4-5(10-9)7(14-8)6(12)3-11/h3,7H,4H2,1-2H3. The molecule has 0 N–H and O–H groups in total. The van der Waals surface area contributed by atoms with Crippen LogP contribution in [-0.2, 0) is 19.1 Å². The Kier molecular flexibility index (Phi) is 2.90. The van der Waals surface area contributed by atoms with Crippen LogP contribution in [-0.4, -0.2) is 41.1 Å². The van der Waals surface area contributed by atoms with Crippen molar-refractivity contribution in [2.45, 2.75) is 25.7 Å². The first kappa shape index (κ1) is 10.7. The lowest BCUT2D eigenvalue weighted by Gasteiger charge is -2.31. The van der Waals surface area contributed by atoms with Gasteiger partial charge in [0.2, 0.25) is 11.9 Å². The molecule has 6 heteroatoms. The Morgan fingerprint density at radius 1 is 1.71 bits per heavy atom. The lowest BCUT2D eigenvalue weighted by Crippen LogP contribution is -2.50. The molecule has 0 radical (unpaired) electrons. The van der Waals surface area contributed by atoms with E-state index in [1.807, 2.05) is 0 Å². The van der Waals surface area contributed by atoms with Crippen LogP contribution in [0.15, 0.2) is 0 Å². The van der Waals surface area contributed by atoms with Crippen LogP contribution >= 0.6 is 0 Å². The number of rotatable bonds is 2. The van der Waals surface area contributed by atoms with Gasteiger partial charge in [-0.25, -0.2) is 0 Å². The van der Waals surface area contributed by atoms with Gasteiger partial charge < -0.3 is 15.0 Å². The topological polar surface area (TPSA) is 89.0 Å². The summed E-state index contributed by atoms with van der Waals surface area (Å²) in [7, 11) is 0. The number of carbonyl (C=O) groups excluding carboxylic acids is 2. The Labute approximate surface area is 80.4 Å². The van der Waals surface area contributed by atoms with Crippen molar-refractivity contribution in [2.24, 2.45) is 0 Å². The molecule has 0 aliphatic carbocycles. The number of nitrogens with zero attached hydrogens (tertiary/aromatic N) is 2. The highest BCUT2D eigenvalue weighted by Gasteiger charge is 2.42. The molecule has 1 aliphatic rings. The summed E-state index contributed by atoms with van der Waals surface area (Å²) in [6.45, 7) is 3.17. The Morgan fingerprint density at radius 2 is 2.36 bits per heavy atom. The van der Waals surface area contributed by atoms with Crippen molar-refractivity contribution < 1.29 is 23.9 Å². The number of carbonyl (C=O) groups is 2. The molecular formula is C8H10N2O4. The minimum absolute atomic E-state index is 0.00132. The number of ketones is 1. The molecule has 1 aliphatic heterocycles. The highest BCUT2D eigenvalue weighted by atomic mass is 16.7. The normalized spacial score (nSPS) is 25.3. The van der Waals surface area contributed by atoms with E-state index in [9.17, 15) is 9.59 Å². The van der Waals surface area contributed by atoms with Crippen LogP contribution in [0.4, 0.5) is 0 Å². The molecule has 76 valence electrons. The summed E-state index contributed by atoms with van der Waals surface area (Å²) in [4.78, 5) is 24.2. The fraction of sp³-hybridized carbons (Fsp3) is 0.625. The predicted molar refractivity (Wildman–Crippen MR) is 44.6 cm³/mol. The molecule has 1 saturated heterocycles. The van der Waals surface area contributed by atoms with Gasteiger partial charge in [-0.15, -0.1) is 0 Å². The molecule has 0 aromatic carbocycles. The summed E-state index contributed by atoms with van der Waals surface area (Å²) >= 11 is 0. The first-order valence-corrected chi connectivity index (χ1v) is 4.02. The van der Waals surface area contributed by atoms with Crippen LogP contribution in [0.2, 0.25) is 0 Å². The monoisotopic (exact) mass is 198 g/mol. The highest BCUT2D eigenvalue weighted by Crippen LogP contribution is 2.20. The zero-order valence-electron chi connectivity index (χ0n) is 7.89.